The molecule has 1 aliphatic rings. The van der Waals surface area contributed by atoms with Crippen molar-refractivity contribution >= 4 is 5.97 Å². The van der Waals surface area contributed by atoms with Gasteiger partial charge in [-0.2, -0.15) is 5.48 Å². The van der Waals surface area contributed by atoms with Crippen LogP contribution in [0, 0.1) is 5.92 Å². The van der Waals surface area contributed by atoms with Crippen LogP contribution in [0.2, 0.25) is 0 Å². The van der Waals surface area contributed by atoms with Crippen molar-refractivity contribution < 1.29 is 29.3 Å². The Kier molecular flexibility index (Phi) is 13.6. The molecular weight excluding hydrogens is 221 g/mol. The Bertz CT molecular complexity index is 162. The number of hydrogen-bond donors (Lipinski definition) is 3. The summed E-state index contributed by atoms with van der Waals surface area (Å²) < 4.78 is 13.8. The van der Waals surface area contributed by atoms with Crippen LogP contribution in [0.25, 0.3) is 0 Å². The van der Waals surface area contributed by atoms with E-state index in [0.717, 1.165) is 20.0 Å². The van der Waals surface area contributed by atoms with Gasteiger partial charge in [0.1, 0.15) is 0 Å². The predicted octanol–water partition coefficient (Wildman–Crippen LogP) is -0.0492. The topological polar surface area (TPSA) is 88.0 Å². The average molecular weight is 241 g/mol. The molecule has 0 aliphatic carbocycles. The largest absolute Gasteiger partial charge is 0.400 e. The molecule has 0 amide bonds. The van der Waals surface area contributed by atoms with Crippen molar-refractivity contribution in [1.29, 1.82) is 0 Å². The van der Waals surface area contributed by atoms with Crippen LogP contribution < -0.4 is 5.48 Å². The molecule has 2 atom stereocenters. The lowest BCUT2D eigenvalue weighted by atomic mass is 10.0. The standard InChI is InChI=1S/C8H15NO3.CH4O.FHO/c1-6-3-4-7(11-5-6)8(10)12-9-2;2*1-2/h6-7,9H,3-5H2,1-2H3;2H,1H3;2H. The fourth-order valence-corrected chi connectivity index (χ4v) is 1.24. The van der Waals surface area contributed by atoms with E-state index in [1.54, 1.807) is 7.05 Å². The maximum absolute atomic E-state index is 11.1. The molecule has 1 rings (SSSR count). The van der Waals surface area contributed by atoms with Crippen molar-refractivity contribution in [2.45, 2.75) is 25.9 Å². The maximum atomic E-state index is 11.1. The fourth-order valence-electron chi connectivity index (χ4n) is 1.24. The second-order valence-electron chi connectivity index (χ2n) is 3.13. The zero-order valence-corrected chi connectivity index (χ0v) is 9.77. The van der Waals surface area contributed by atoms with Crippen LogP contribution >= 0.6 is 0 Å². The van der Waals surface area contributed by atoms with E-state index in [4.69, 9.17) is 19.7 Å². The summed E-state index contributed by atoms with van der Waals surface area (Å²) in [6.07, 6.45) is 1.43. The number of hydrogen-bond acceptors (Lipinski definition) is 6. The molecular formula is C9H20FNO5. The summed E-state index contributed by atoms with van der Waals surface area (Å²) >= 11 is 0. The van der Waals surface area contributed by atoms with E-state index < -0.39 is 0 Å². The lowest BCUT2D eigenvalue weighted by molar-refractivity contribution is -0.168. The number of halogens is 1. The maximum Gasteiger partial charge on any atom is 0.353 e. The number of carbonyl (C=O) groups excluding carboxylic acids is 1. The molecule has 0 spiro atoms. The molecule has 0 bridgehead atoms. The molecule has 1 heterocycles. The van der Waals surface area contributed by atoms with Gasteiger partial charge in [-0.1, -0.05) is 11.4 Å². The minimum absolute atomic E-state index is 0.315. The molecule has 1 saturated heterocycles. The van der Waals surface area contributed by atoms with Crippen LogP contribution in [-0.2, 0) is 14.4 Å². The van der Waals surface area contributed by atoms with Crippen LogP contribution in [0.4, 0.5) is 4.53 Å². The summed E-state index contributed by atoms with van der Waals surface area (Å²) in [5, 5.41) is 12.5. The average Bonchev–Trinajstić information content (AvgIpc) is 2.35. The van der Waals surface area contributed by atoms with E-state index in [0.29, 0.717) is 12.5 Å². The normalized spacial score (nSPS) is 23.1. The molecule has 0 aromatic carbocycles. The van der Waals surface area contributed by atoms with Gasteiger partial charge in [0, 0.05) is 14.2 Å². The van der Waals surface area contributed by atoms with Crippen molar-refractivity contribution in [1.82, 2.24) is 5.48 Å². The second kappa shape index (κ2) is 12.3. The van der Waals surface area contributed by atoms with Crippen LogP contribution in [-0.4, -0.2) is 43.3 Å². The first kappa shape index (κ1) is 17.6. The third-order valence-electron chi connectivity index (χ3n) is 1.97. The third kappa shape index (κ3) is 7.52. The highest BCUT2D eigenvalue weighted by molar-refractivity contribution is 5.74. The highest BCUT2D eigenvalue weighted by Gasteiger charge is 2.26. The van der Waals surface area contributed by atoms with Gasteiger partial charge in [0.05, 0.1) is 6.61 Å². The smallest absolute Gasteiger partial charge is 0.353 e. The first-order valence-electron chi connectivity index (χ1n) is 4.84. The Balaban J connectivity index is 0. The van der Waals surface area contributed by atoms with Crippen LogP contribution in [0.5, 0.6) is 0 Å². The van der Waals surface area contributed by atoms with Gasteiger partial charge in [0.15, 0.2) is 6.10 Å². The molecule has 0 aromatic heterocycles. The minimum Gasteiger partial charge on any atom is -0.400 e. The van der Waals surface area contributed by atoms with E-state index in [9.17, 15) is 4.79 Å². The predicted molar refractivity (Wildman–Crippen MR) is 54.8 cm³/mol. The Morgan fingerprint density at radius 1 is 1.44 bits per heavy atom. The summed E-state index contributed by atoms with van der Waals surface area (Å²) in [4.78, 5) is 15.7. The molecule has 0 radical (unpaired) electrons. The number of ether oxygens (including phenoxy) is 1. The van der Waals surface area contributed by atoms with Gasteiger partial charge in [0.2, 0.25) is 0 Å². The van der Waals surface area contributed by atoms with Crippen molar-refractivity contribution in [2.24, 2.45) is 5.92 Å². The van der Waals surface area contributed by atoms with Crippen LogP contribution in [0.1, 0.15) is 19.8 Å². The Morgan fingerprint density at radius 3 is 2.38 bits per heavy atom. The molecule has 16 heavy (non-hydrogen) atoms. The number of nitrogens with one attached hydrogen (secondary N) is 1. The van der Waals surface area contributed by atoms with Crippen LogP contribution in [0.15, 0.2) is 0 Å². The Hall–Kier alpha value is -0.760. The molecule has 3 N–H and O–H groups in total. The van der Waals surface area contributed by atoms with Gasteiger partial charge in [-0.05, 0) is 18.8 Å². The summed E-state index contributed by atoms with van der Waals surface area (Å²) in [6, 6.07) is 0. The lowest BCUT2D eigenvalue weighted by Gasteiger charge is -2.24. The second-order valence-corrected chi connectivity index (χ2v) is 3.13. The number of aliphatic hydroxyl groups excluding tert-OH is 1. The van der Waals surface area contributed by atoms with Gasteiger partial charge >= 0.3 is 5.97 Å². The first-order valence-corrected chi connectivity index (χ1v) is 4.84. The highest BCUT2D eigenvalue weighted by atomic mass is 19.3. The SMILES string of the molecule is CNOC(=O)C1CCC(C)CO1.CO.OF. The van der Waals surface area contributed by atoms with Crippen molar-refractivity contribution in [3.05, 3.63) is 0 Å². The quantitative estimate of drug-likeness (QED) is 0.587. The Labute approximate surface area is 94.2 Å². The van der Waals surface area contributed by atoms with E-state index in [1.807, 2.05) is 0 Å². The zero-order chi connectivity index (χ0) is 13.0. The van der Waals surface area contributed by atoms with Gasteiger partial charge < -0.3 is 14.7 Å². The summed E-state index contributed by atoms with van der Waals surface area (Å²) in [5.41, 5.74) is 2.35. The van der Waals surface area contributed by atoms with Crippen LogP contribution in [0.3, 0.4) is 0 Å². The first-order chi connectivity index (χ1) is 7.74. The molecule has 7 heteroatoms. The van der Waals surface area contributed by atoms with Gasteiger partial charge in [-0.15, -0.1) is 0 Å². The molecule has 98 valence electrons. The summed E-state index contributed by atoms with van der Waals surface area (Å²) in [6.45, 7) is 2.77. The van der Waals surface area contributed by atoms with Gasteiger partial charge in [-0.25, -0.2) is 10.1 Å². The van der Waals surface area contributed by atoms with E-state index in [2.05, 4.69) is 17.2 Å². The fraction of sp³-hybridized carbons (Fsp3) is 0.889. The van der Waals surface area contributed by atoms with Crippen molar-refractivity contribution in [3.63, 3.8) is 0 Å². The molecule has 1 aliphatic heterocycles. The van der Waals surface area contributed by atoms with E-state index in [1.165, 1.54) is 0 Å². The monoisotopic (exact) mass is 241 g/mol. The molecule has 1 fully saturated rings. The summed E-state index contributed by atoms with van der Waals surface area (Å²) in [5.74, 6) is 0.244. The van der Waals surface area contributed by atoms with Gasteiger partial charge in [0.25, 0.3) is 0 Å². The van der Waals surface area contributed by atoms with Crippen molar-refractivity contribution in [2.75, 3.05) is 20.8 Å². The number of rotatable bonds is 2. The molecule has 0 saturated carbocycles. The van der Waals surface area contributed by atoms with E-state index >= 15 is 0 Å². The lowest BCUT2D eigenvalue weighted by Crippen LogP contribution is -2.34. The third-order valence-corrected chi connectivity index (χ3v) is 1.97. The van der Waals surface area contributed by atoms with E-state index in [-0.39, 0.29) is 12.1 Å². The van der Waals surface area contributed by atoms with Crippen molar-refractivity contribution in [3.8, 4) is 0 Å². The number of hydroxylamine groups is 1. The number of aliphatic hydroxyl groups is 1. The minimum atomic E-state index is -0.367. The number of carbonyl (C=O) groups is 1. The molecule has 2 unspecified atom stereocenters. The zero-order valence-electron chi connectivity index (χ0n) is 9.77. The molecule has 0 aromatic rings. The van der Waals surface area contributed by atoms with Gasteiger partial charge in [-0.3, -0.25) is 0 Å². The molecule has 6 nitrogen and oxygen atoms in total. The summed E-state index contributed by atoms with van der Waals surface area (Å²) in [7, 11) is 2.56. The Morgan fingerprint density at radius 2 is 2.00 bits per heavy atom. The highest BCUT2D eigenvalue weighted by Crippen LogP contribution is 2.18.